The summed E-state index contributed by atoms with van der Waals surface area (Å²) in [6.07, 6.45) is 4.23. The Kier molecular flexibility index (Phi) is 1.87. The topological polar surface area (TPSA) is 30.7 Å². The van der Waals surface area contributed by atoms with Crippen molar-refractivity contribution in [3.05, 3.63) is 12.2 Å². The van der Waals surface area contributed by atoms with Crippen molar-refractivity contribution < 1.29 is 0 Å². The van der Waals surface area contributed by atoms with E-state index in [1.807, 2.05) is 6.33 Å². The molecule has 1 aromatic heterocycles. The van der Waals surface area contributed by atoms with E-state index in [1.165, 1.54) is 12.2 Å². The summed E-state index contributed by atoms with van der Waals surface area (Å²) in [7, 11) is 0. The molecule has 2 heterocycles. The predicted octanol–water partition coefficient (Wildman–Crippen LogP) is 1.50. The van der Waals surface area contributed by atoms with Gasteiger partial charge in [-0.2, -0.15) is 0 Å². The molecular weight excluding hydrogens is 150 g/mol. The van der Waals surface area contributed by atoms with Crippen LogP contribution in [-0.4, -0.2) is 14.8 Å². The first-order valence-electron chi connectivity index (χ1n) is 4.64. The van der Waals surface area contributed by atoms with Crippen LogP contribution < -0.4 is 0 Å². The van der Waals surface area contributed by atoms with Gasteiger partial charge in [0.1, 0.15) is 12.2 Å². The van der Waals surface area contributed by atoms with Crippen LogP contribution >= 0.6 is 0 Å². The van der Waals surface area contributed by atoms with Crippen LogP contribution in [0.25, 0.3) is 0 Å². The highest BCUT2D eigenvalue weighted by Crippen LogP contribution is 2.24. The zero-order chi connectivity index (χ0) is 8.55. The largest absolute Gasteiger partial charge is 0.318 e. The summed E-state index contributed by atoms with van der Waals surface area (Å²) in [5, 5.41) is 8.01. The second-order valence-electron chi connectivity index (χ2n) is 3.94. The van der Waals surface area contributed by atoms with Crippen molar-refractivity contribution in [2.24, 2.45) is 11.8 Å². The third kappa shape index (κ3) is 1.24. The van der Waals surface area contributed by atoms with Gasteiger partial charge in [-0.05, 0) is 18.3 Å². The maximum Gasteiger partial charge on any atom is 0.133 e. The zero-order valence-corrected chi connectivity index (χ0v) is 7.70. The highest BCUT2D eigenvalue weighted by Gasteiger charge is 2.21. The van der Waals surface area contributed by atoms with Gasteiger partial charge in [-0.25, -0.2) is 0 Å². The fourth-order valence-corrected chi connectivity index (χ4v) is 1.83. The molecule has 0 saturated carbocycles. The molecule has 0 fully saturated rings. The molecule has 0 aliphatic carbocycles. The van der Waals surface area contributed by atoms with E-state index in [9.17, 15) is 0 Å². The lowest BCUT2D eigenvalue weighted by Gasteiger charge is -2.25. The summed E-state index contributed by atoms with van der Waals surface area (Å²) in [6.45, 7) is 5.68. The molecule has 3 heteroatoms. The van der Waals surface area contributed by atoms with Gasteiger partial charge in [0.25, 0.3) is 0 Å². The molecule has 1 aliphatic rings. The number of aromatic nitrogens is 3. The Labute approximate surface area is 72.8 Å². The Morgan fingerprint density at radius 3 is 3.17 bits per heavy atom. The Morgan fingerprint density at radius 2 is 2.42 bits per heavy atom. The standard InChI is InChI=1S/C9H15N3/c1-7(2)8-3-4-12-6-10-11-9(12)5-8/h6-8H,3-5H2,1-2H3. The second kappa shape index (κ2) is 2.88. The van der Waals surface area contributed by atoms with Crippen LogP contribution in [0, 0.1) is 11.8 Å². The maximum atomic E-state index is 4.10. The smallest absolute Gasteiger partial charge is 0.133 e. The molecule has 0 saturated heterocycles. The van der Waals surface area contributed by atoms with Gasteiger partial charge in [0.2, 0.25) is 0 Å². The van der Waals surface area contributed by atoms with E-state index in [4.69, 9.17) is 0 Å². The number of hydrogen-bond acceptors (Lipinski definition) is 2. The fourth-order valence-electron chi connectivity index (χ4n) is 1.83. The van der Waals surface area contributed by atoms with Crippen molar-refractivity contribution in [2.45, 2.75) is 33.2 Å². The molecule has 0 N–H and O–H groups in total. The highest BCUT2D eigenvalue weighted by atomic mass is 15.3. The fraction of sp³-hybridized carbons (Fsp3) is 0.778. The number of fused-ring (bicyclic) bond motifs is 1. The average molecular weight is 165 g/mol. The minimum absolute atomic E-state index is 0.774. The molecule has 2 rings (SSSR count). The molecule has 0 amide bonds. The van der Waals surface area contributed by atoms with Gasteiger partial charge in [0.05, 0.1) is 0 Å². The third-order valence-corrected chi connectivity index (χ3v) is 2.82. The van der Waals surface area contributed by atoms with E-state index >= 15 is 0 Å². The lowest BCUT2D eigenvalue weighted by Crippen LogP contribution is -2.22. The molecule has 1 aliphatic heterocycles. The molecule has 3 nitrogen and oxygen atoms in total. The average Bonchev–Trinajstić information content (AvgIpc) is 2.49. The molecule has 1 atom stereocenters. The molecule has 0 radical (unpaired) electrons. The first-order valence-corrected chi connectivity index (χ1v) is 4.64. The normalized spacial score (nSPS) is 22.8. The molecule has 0 bridgehead atoms. The molecule has 66 valence electrons. The molecule has 0 aromatic carbocycles. The number of aryl methyl sites for hydroxylation is 1. The van der Waals surface area contributed by atoms with Gasteiger partial charge in [-0.1, -0.05) is 13.8 Å². The molecular formula is C9H15N3. The van der Waals surface area contributed by atoms with Crippen LogP contribution in [0.3, 0.4) is 0 Å². The van der Waals surface area contributed by atoms with Crippen molar-refractivity contribution in [2.75, 3.05) is 0 Å². The lowest BCUT2D eigenvalue weighted by molar-refractivity contribution is 0.298. The minimum atomic E-state index is 0.774. The van der Waals surface area contributed by atoms with Gasteiger partial charge in [-0.15, -0.1) is 10.2 Å². The van der Waals surface area contributed by atoms with E-state index in [0.29, 0.717) is 0 Å². The number of rotatable bonds is 1. The summed E-state index contributed by atoms with van der Waals surface area (Å²) in [5.41, 5.74) is 0. The van der Waals surface area contributed by atoms with Gasteiger partial charge < -0.3 is 4.57 Å². The summed E-state index contributed by atoms with van der Waals surface area (Å²) in [4.78, 5) is 0. The van der Waals surface area contributed by atoms with Crippen molar-refractivity contribution in [3.8, 4) is 0 Å². The second-order valence-corrected chi connectivity index (χ2v) is 3.94. The minimum Gasteiger partial charge on any atom is -0.318 e. The summed E-state index contributed by atoms with van der Waals surface area (Å²) < 4.78 is 2.17. The van der Waals surface area contributed by atoms with Crippen LogP contribution in [0.2, 0.25) is 0 Å². The van der Waals surface area contributed by atoms with Gasteiger partial charge >= 0.3 is 0 Å². The Bertz CT molecular complexity index is 264. The zero-order valence-electron chi connectivity index (χ0n) is 7.70. The SMILES string of the molecule is CC(C)C1CCn2cnnc2C1. The van der Waals surface area contributed by atoms with E-state index in [1.54, 1.807) is 0 Å². The van der Waals surface area contributed by atoms with Gasteiger partial charge in [-0.3, -0.25) is 0 Å². The summed E-state index contributed by atoms with van der Waals surface area (Å²) >= 11 is 0. The molecule has 12 heavy (non-hydrogen) atoms. The van der Waals surface area contributed by atoms with Crippen molar-refractivity contribution in [3.63, 3.8) is 0 Å². The molecule has 1 aromatic rings. The Morgan fingerprint density at radius 1 is 1.58 bits per heavy atom. The monoisotopic (exact) mass is 165 g/mol. The third-order valence-electron chi connectivity index (χ3n) is 2.82. The lowest BCUT2D eigenvalue weighted by atomic mass is 9.87. The van der Waals surface area contributed by atoms with Gasteiger partial charge in [0.15, 0.2) is 0 Å². The van der Waals surface area contributed by atoms with Crippen LogP contribution in [0.15, 0.2) is 6.33 Å². The summed E-state index contributed by atoms with van der Waals surface area (Å²) in [5.74, 6) is 2.75. The van der Waals surface area contributed by atoms with E-state index in [0.717, 1.165) is 24.8 Å². The first kappa shape index (κ1) is 7.77. The predicted molar refractivity (Wildman–Crippen MR) is 46.7 cm³/mol. The van der Waals surface area contributed by atoms with Crippen LogP contribution in [-0.2, 0) is 13.0 Å². The highest BCUT2D eigenvalue weighted by molar-refractivity contribution is 4.92. The van der Waals surface area contributed by atoms with Crippen LogP contribution in [0.4, 0.5) is 0 Å². The summed E-state index contributed by atoms with van der Waals surface area (Å²) in [6, 6.07) is 0. The van der Waals surface area contributed by atoms with E-state index < -0.39 is 0 Å². The quantitative estimate of drug-likeness (QED) is 0.631. The Balaban J connectivity index is 2.15. The molecule has 1 unspecified atom stereocenters. The van der Waals surface area contributed by atoms with Crippen molar-refractivity contribution in [1.82, 2.24) is 14.8 Å². The van der Waals surface area contributed by atoms with Crippen LogP contribution in [0.5, 0.6) is 0 Å². The number of nitrogens with zero attached hydrogens (tertiary/aromatic N) is 3. The first-order chi connectivity index (χ1) is 5.77. The van der Waals surface area contributed by atoms with Crippen LogP contribution in [0.1, 0.15) is 26.1 Å². The number of hydrogen-bond donors (Lipinski definition) is 0. The molecule has 0 spiro atoms. The van der Waals surface area contributed by atoms with E-state index in [-0.39, 0.29) is 0 Å². The van der Waals surface area contributed by atoms with Crippen molar-refractivity contribution in [1.29, 1.82) is 0 Å². The van der Waals surface area contributed by atoms with Gasteiger partial charge in [0, 0.05) is 13.0 Å². The van der Waals surface area contributed by atoms with E-state index in [2.05, 4.69) is 28.6 Å². The maximum absolute atomic E-state index is 4.10. The van der Waals surface area contributed by atoms with Crippen molar-refractivity contribution >= 4 is 0 Å². The Hall–Kier alpha value is -0.860.